The Bertz CT molecular complexity index is 624. The summed E-state index contributed by atoms with van der Waals surface area (Å²) in [6, 6.07) is 5.05. The highest BCUT2D eigenvalue weighted by atomic mass is 35.5. The number of anilines is 3. The number of hydrogen-bond acceptors (Lipinski definition) is 5. The van der Waals surface area contributed by atoms with Crippen LogP contribution in [0.1, 0.15) is 13.3 Å². The summed E-state index contributed by atoms with van der Waals surface area (Å²) >= 11 is 6.08. The third-order valence-electron chi connectivity index (χ3n) is 2.70. The third-order valence-corrected chi connectivity index (χ3v) is 3.03. The van der Waals surface area contributed by atoms with Crippen molar-refractivity contribution in [3.8, 4) is 5.75 Å². The van der Waals surface area contributed by atoms with Gasteiger partial charge in [-0.05, 0) is 18.6 Å². The van der Waals surface area contributed by atoms with Crippen LogP contribution in [0.5, 0.6) is 5.75 Å². The third kappa shape index (κ3) is 3.95. The smallest absolute Gasteiger partial charge is 0.224 e. The number of hydrogen-bond donors (Lipinski definition) is 2. The Hall–Kier alpha value is -2.08. The number of benzene rings is 1. The van der Waals surface area contributed by atoms with Crippen LogP contribution in [-0.2, 0) is 0 Å². The number of rotatable bonds is 6. The lowest BCUT2D eigenvalue weighted by molar-refractivity contribution is 0.415. The second kappa shape index (κ2) is 7.08. The molecule has 1 aromatic carbocycles. The Balaban J connectivity index is 2.26. The molecule has 0 spiro atoms. The predicted molar refractivity (Wildman–Crippen MR) is 82.1 cm³/mol. The maximum absolute atomic E-state index is 13.8. The van der Waals surface area contributed by atoms with E-state index in [0.717, 1.165) is 12.6 Å². The molecular formula is C14H16ClFN4O. The Kier molecular flexibility index (Phi) is 5.16. The van der Waals surface area contributed by atoms with Gasteiger partial charge in [0.1, 0.15) is 5.75 Å². The number of ether oxygens (including phenoxy) is 1. The van der Waals surface area contributed by atoms with Crippen LogP contribution in [0.3, 0.4) is 0 Å². The van der Waals surface area contributed by atoms with Crippen LogP contribution >= 0.6 is 11.6 Å². The van der Waals surface area contributed by atoms with Gasteiger partial charge in [0.25, 0.3) is 0 Å². The maximum atomic E-state index is 13.8. The van der Waals surface area contributed by atoms with E-state index in [-0.39, 0.29) is 5.82 Å². The first-order valence-corrected chi connectivity index (χ1v) is 6.88. The highest BCUT2D eigenvalue weighted by Gasteiger charge is 2.10. The molecule has 0 aliphatic carbocycles. The topological polar surface area (TPSA) is 59.1 Å². The summed E-state index contributed by atoms with van der Waals surface area (Å²) < 4.78 is 18.9. The van der Waals surface area contributed by atoms with E-state index in [9.17, 15) is 4.39 Å². The minimum absolute atomic E-state index is 0.0544. The lowest BCUT2D eigenvalue weighted by atomic mass is 10.3. The summed E-state index contributed by atoms with van der Waals surface area (Å²) in [7, 11) is 1.55. The zero-order chi connectivity index (χ0) is 15.2. The van der Waals surface area contributed by atoms with Gasteiger partial charge in [-0.3, -0.25) is 0 Å². The van der Waals surface area contributed by atoms with E-state index in [2.05, 4.69) is 20.6 Å². The second-order valence-corrected chi connectivity index (χ2v) is 4.69. The molecular weight excluding hydrogens is 295 g/mol. The largest absolute Gasteiger partial charge is 0.497 e. The van der Waals surface area contributed by atoms with Crippen molar-refractivity contribution in [2.24, 2.45) is 0 Å². The maximum Gasteiger partial charge on any atom is 0.224 e. The minimum atomic E-state index is -0.559. The molecule has 2 rings (SSSR count). The quantitative estimate of drug-likeness (QED) is 0.849. The lowest BCUT2D eigenvalue weighted by Gasteiger charge is -2.11. The number of methoxy groups -OCH3 is 1. The molecule has 2 N–H and O–H groups in total. The van der Waals surface area contributed by atoms with Crippen molar-refractivity contribution in [1.82, 2.24) is 9.97 Å². The average molecular weight is 311 g/mol. The zero-order valence-corrected chi connectivity index (χ0v) is 12.5. The molecule has 0 radical (unpaired) electrons. The van der Waals surface area contributed by atoms with E-state index in [1.54, 1.807) is 25.3 Å². The Morgan fingerprint density at radius 2 is 2.19 bits per heavy atom. The number of halogens is 2. The Labute approximate surface area is 127 Å². The SMILES string of the molecule is CCCNc1ncc(F)c(Nc2cc(OC)ccc2Cl)n1. The van der Waals surface area contributed by atoms with Crippen LogP contribution in [0.2, 0.25) is 5.02 Å². The highest BCUT2D eigenvalue weighted by Crippen LogP contribution is 2.29. The van der Waals surface area contributed by atoms with Crippen molar-refractivity contribution < 1.29 is 9.13 Å². The van der Waals surface area contributed by atoms with Crippen molar-refractivity contribution in [3.05, 3.63) is 35.2 Å². The molecule has 0 unspecified atom stereocenters. The monoisotopic (exact) mass is 310 g/mol. The van der Waals surface area contributed by atoms with Crippen LogP contribution in [-0.4, -0.2) is 23.6 Å². The molecule has 0 aliphatic heterocycles. The van der Waals surface area contributed by atoms with Gasteiger partial charge in [0, 0.05) is 12.6 Å². The molecule has 0 aliphatic rings. The summed E-state index contributed by atoms with van der Waals surface area (Å²) in [6.07, 6.45) is 2.03. The van der Waals surface area contributed by atoms with E-state index >= 15 is 0 Å². The highest BCUT2D eigenvalue weighted by molar-refractivity contribution is 6.33. The number of nitrogens with zero attached hydrogens (tertiary/aromatic N) is 2. The molecule has 7 heteroatoms. The molecule has 0 saturated carbocycles. The fourth-order valence-corrected chi connectivity index (χ4v) is 1.80. The summed E-state index contributed by atoms with van der Waals surface area (Å²) in [5.41, 5.74) is 0.509. The van der Waals surface area contributed by atoms with E-state index < -0.39 is 5.82 Å². The molecule has 1 heterocycles. The van der Waals surface area contributed by atoms with Gasteiger partial charge in [-0.25, -0.2) is 9.37 Å². The molecule has 0 atom stereocenters. The van der Waals surface area contributed by atoms with Crippen LogP contribution < -0.4 is 15.4 Å². The summed E-state index contributed by atoms with van der Waals surface area (Å²) in [4.78, 5) is 7.97. The van der Waals surface area contributed by atoms with E-state index in [1.807, 2.05) is 6.92 Å². The predicted octanol–water partition coefficient (Wildman–Crippen LogP) is 3.84. The van der Waals surface area contributed by atoms with Crippen molar-refractivity contribution in [2.75, 3.05) is 24.3 Å². The van der Waals surface area contributed by atoms with E-state index in [1.165, 1.54) is 0 Å². The normalized spacial score (nSPS) is 10.3. The van der Waals surface area contributed by atoms with Gasteiger partial charge in [-0.1, -0.05) is 18.5 Å². The van der Waals surface area contributed by atoms with Crippen LogP contribution in [0.15, 0.2) is 24.4 Å². The molecule has 0 amide bonds. The van der Waals surface area contributed by atoms with Gasteiger partial charge in [-0.2, -0.15) is 4.98 Å². The van der Waals surface area contributed by atoms with Gasteiger partial charge in [-0.15, -0.1) is 0 Å². The van der Waals surface area contributed by atoms with E-state index in [0.29, 0.717) is 29.0 Å². The Morgan fingerprint density at radius 1 is 1.38 bits per heavy atom. The van der Waals surface area contributed by atoms with Gasteiger partial charge >= 0.3 is 0 Å². The molecule has 2 aromatic rings. The summed E-state index contributed by atoms with van der Waals surface area (Å²) in [5, 5.41) is 6.29. The number of aromatic nitrogens is 2. The van der Waals surface area contributed by atoms with Crippen LogP contribution in [0.25, 0.3) is 0 Å². The first-order valence-electron chi connectivity index (χ1n) is 6.51. The average Bonchev–Trinajstić information content (AvgIpc) is 2.50. The number of nitrogens with one attached hydrogen (secondary N) is 2. The van der Waals surface area contributed by atoms with Gasteiger partial charge in [0.05, 0.1) is 24.0 Å². The fraction of sp³-hybridized carbons (Fsp3) is 0.286. The van der Waals surface area contributed by atoms with Crippen LogP contribution in [0, 0.1) is 5.82 Å². The zero-order valence-electron chi connectivity index (χ0n) is 11.8. The first kappa shape index (κ1) is 15.3. The van der Waals surface area contributed by atoms with E-state index in [4.69, 9.17) is 16.3 Å². The van der Waals surface area contributed by atoms with Gasteiger partial charge in [0.2, 0.25) is 5.95 Å². The molecule has 21 heavy (non-hydrogen) atoms. The lowest BCUT2D eigenvalue weighted by Crippen LogP contribution is -2.07. The van der Waals surface area contributed by atoms with Crippen molar-refractivity contribution >= 4 is 29.1 Å². The minimum Gasteiger partial charge on any atom is -0.497 e. The van der Waals surface area contributed by atoms with Crippen molar-refractivity contribution in [2.45, 2.75) is 13.3 Å². The molecule has 0 bridgehead atoms. The molecule has 1 aromatic heterocycles. The van der Waals surface area contributed by atoms with Crippen LogP contribution in [0.4, 0.5) is 21.8 Å². The molecule has 0 saturated heterocycles. The summed E-state index contributed by atoms with van der Waals surface area (Å²) in [6.45, 7) is 2.73. The van der Waals surface area contributed by atoms with Gasteiger partial charge in [0.15, 0.2) is 11.6 Å². The summed E-state index contributed by atoms with van der Waals surface area (Å²) in [5.74, 6) is 0.468. The molecule has 0 fully saturated rings. The van der Waals surface area contributed by atoms with Crippen molar-refractivity contribution in [3.63, 3.8) is 0 Å². The molecule has 5 nitrogen and oxygen atoms in total. The fourth-order valence-electron chi connectivity index (χ4n) is 1.63. The van der Waals surface area contributed by atoms with Gasteiger partial charge < -0.3 is 15.4 Å². The first-order chi connectivity index (χ1) is 10.1. The van der Waals surface area contributed by atoms with Crippen molar-refractivity contribution in [1.29, 1.82) is 0 Å². The standard InChI is InChI=1S/C14H16ClFN4O/c1-3-6-17-14-18-8-11(16)13(20-14)19-12-7-9(21-2)4-5-10(12)15/h4-5,7-8H,3,6H2,1-2H3,(H2,17,18,19,20). The molecule has 112 valence electrons. The Morgan fingerprint density at radius 3 is 2.90 bits per heavy atom. The second-order valence-electron chi connectivity index (χ2n) is 4.29.